The standard InChI is InChI=1S/C30H25N5O3S/c1-19(2)38-25-15-9-20(10-16-25)27-22(18-34(32-27)23-7-5-4-6-8-23)17-26-29(36)35-30(39-26)31-28(33-35)21-11-13-24(37-3)14-12-21/h4-19H,1-3H3/b26-17-. The minimum Gasteiger partial charge on any atom is -0.497 e. The van der Waals surface area contributed by atoms with Gasteiger partial charge in [-0.05, 0) is 80.6 Å². The number of para-hydroxylation sites is 1. The van der Waals surface area contributed by atoms with Crippen molar-refractivity contribution in [2.75, 3.05) is 7.11 Å². The van der Waals surface area contributed by atoms with Crippen LogP contribution in [0.5, 0.6) is 11.5 Å². The maximum Gasteiger partial charge on any atom is 0.291 e. The molecule has 0 spiro atoms. The molecule has 0 bridgehead atoms. The third-order valence-corrected chi connectivity index (χ3v) is 7.04. The second kappa shape index (κ2) is 10.2. The van der Waals surface area contributed by atoms with Crippen LogP contribution in [-0.4, -0.2) is 37.6 Å². The van der Waals surface area contributed by atoms with Gasteiger partial charge < -0.3 is 9.47 Å². The second-order valence-electron chi connectivity index (χ2n) is 9.18. The lowest BCUT2D eigenvalue weighted by Gasteiger charge is -2.09. The van der Waals surface area contributed by atoms with Crippen molar-refractivity contribution >= 4 is 22.4 Å². The lowest BCUT2D eigenvalue weighted by atomic mass is 10.1. The maximum atomic E-state index is 13.3. The van der Waals surface area contributed by atoms with Crippen LogP contribution in [0.3, 0.4) is 0 Å². The number of thiazole rings is 1. The number of aromatic nitrogens is 5. The second-order valence-corrected chi connectivity index (χ2v) is 10.2. The van der Waals surface area contributed by atoms with Gasteiger partial charge in [0.15, 0.2) is 5.82 Å². The highest BCUT2D eigenvalue weighted by atomic mass is 32.1. The molecular weight excluding hydrogens is 510 g/mol. The molecule has 3 heterocycles. The van der Waals surface area contributed by atoms with Crippen LogP contribution in [-0.2, 0) is 0 Å². The van der Waals surface area contributed by atoms with Crippen molar-refractivity contribution in [1.82, 2.24) is 24.4 Å². The third kappa shape index (κ3) is 4.92. The van der Waals surface area contributed by atoms with E-state index in [9.17, 15) is 4.79 Å². The summed E-state index contributed by atoms with van der Waals surface area (Å²) in [6, 6.07) is 25.1. The zero-order valence-corrected chi connectivity index (χ0v) is 22.4. The number of ether oxygens (including phenoxy) is 2. The number of rotatable bonds is 7. The summed E-state index contributed by atoms with van der Waals surface area (Å²) in [5.41, 5.74) is 4.00. The first kappa shape index (κ1) is 24.6. The minimum atomic E-state index is -0.221. The van der Waals surface area contributed by atoms with Gasteiger partial charge in [0.2, 0.25) is 4.96 Å². The van der Waals surface area contributed by atoms with Crippen molar-refractivity contribution in [3.8, 4) is 39.8 Å². The molecule has 0 amide bonds. The molecule has 6 aromatic rings. The summed E-state index contributed by atoms with van der Waals surface area (Å²) in [6.07, 6.45) is 3.88. The summed E-state index contributed by atoms with van der Waals surface area (Å²) in [4.78, 5) is 18.5. The van der Waals surface area contributed by atoms with Gasteiger partial charge in [-0.2, -0.15) is 14.6 Å². The topological polar surface area (TPSA) is 83.5 Å². The summed E-state index contributed by atoms with van der Waals surface area (Å²) < 4.78 is 14.7. The van der Waals surface area contributed by atoms with Gasteiger partial charge in [0.25, 0.3) is 5.56 Å². The van der Waals surface area contributed by atoms with E-state index in [0.717, 1.165) is 39.6 Å². The van der Waals surface area contributed by atoms with Crippen LogP contribution in [0.1, 0.15) is 19.4 Å². The van der Waals surface area contributed by atoms with E-state index < -0.39 is 0 Å². The zero-order chi connectivity index (χ0) is 26.9. The molecule has 0 unspecified atom stereocenters. The van der Waals surface area contributed by atoms with E-state index in [1.54, 1.807) is 7.11 Å². The molecule has 194 valence electrons. The number of hydrogen-bond donors (Lipinski definition) is 0. The fourth-order valence-corrected chi connectivity index (χ4v) is 5.13. The predicted molar refractivity (Wildman–Crippen MR) is 153 cm³/mol. The SMILES string of the molecule is COc1ccc(-c2nc3s/c(=C\c4cn(-c5ccccc5)nc4-c4ccc(OC(C)C)cc4)c(=O)n3n2)cc1. The van der Waals surface area contributed by atoms with Gasteiger partial charge in [0.05, 0.1) is 23.4 Å². The number of benzene rings is 3. The Kier molecular flexibility index (Phi) is 6.42. The van der Waals surface area contributed by atoms with E-state index >= 15 is 0 Å². The van der Waals surface area contributed by atoms with Gasteiger partial charge in [0.1, 0.15) is 17.2 Å². The smallest absolute Gasteiger partial charge is 0.291 e. The van der Waals surface area contributed by atoms with E-state index in [0.29, 0.717) is 15.3 Å². The summed E-state index contributed by atoms with van der Waals surface area (Å²) in [5.74, 6) is 2.03. The van der Waals surface area contributed by atoms with Crippen molar-refractivity contribution in [1.29, 1.82) is 0 Å². The molecule has 3 aromatic carbocycles. The first-order valence-corrected chi connectivity index (χ1v) is 13.3. The highest BCUT2D eigenvalue weighted by Gasteiger charge is 2.15. The Morgan fingerprint density at radius 1 is 0.872 bits per heavy atom. The summed E-state index contributed by atoms with van der Waals surface area (Å²) >= 11 is 1.30. The molecule has 0 atom stereocenters. The monoisotopic (exact) mass is 535 g/mol. The Morgan fingerprint density at radius 2 is 1.56 bits per heavy atom. The summed E-state index contributed by atoms with van der Waals surface area (Å²) in [5, 5.41) is 9.35. The molecule has 9 heteroatoms. The molecule has 39 heavy (non-hydrogen) atoms. The Labute approximate surface area is 228 Å². The quantitative estimate of drug-likeness (QED) is 0.286. The van der Waals surface area contributed by atoms with Gasteiger partial charge in [0, 0.05) is 22.9 Å². The van der Waals surface area contributed by atoms with Crippen LogP contribution in [0.25, 0.3) is 39.4 Å². The molecule has 0 aliphatic rings. The largest absolute Gasteiger partial charge is 0.497 e. The van der Waals surface area contributed by atoms with E-state index in [-0.39, 0.29) is 11.7 Å². The number of hydrogen-bond acceptors (Lipinski definition) is 7. The minimum absolute atomic E-state index is 0.0871. The van der Waals surface area contributed by atoms with Gasteiger partial charge in [-0.25, -0.2) is 4.68 Å². The molecule has 8 nitrogen and oxygen atoms in total. The van der Waals surface area contributed by atoms with Gasteiger partial charge in [-0.1, -0.05) is 29.5 Å². The van der Waals surface area contributed by atoms with Crippen LogP contribution in [0.15, 0.2) is 89.9 Å². The highest BCUT2D eigenvalue weighted by molar-refractivity contribution is 7.15. The van der Waals surface area contributed by atoms with Crippen LogP contribution in [0.2, 0.25) is 0 Å². The number of fused-ring (bicyclic) bond motifs is 1. The fourth-order valence-electron chi connectivity index (χ4n) is 4.23. The highest BCUT2D eigenvalue weighted by Crippen LogP contribution is 2.27. The molecular formula is C30H25N5O3S. The summed E-state index contributed by atoms with van der Waals surface area (Å²) in [6.45, 7) is 3.99. The first-order chi connectivity index (χ1) is 19.0. The normalized spacial score (nSPS) is 11.9. The summed E-state index contributed by atoms with van der Waals surface area (Å²) in [7, 11) is 1.62. The van der Waals surface area contributed by atoms with Crippen molar-refractivity contribution in [2.24, 2.45) is 0 Å². The van der Waals surface area contributed by atoms with Gasteiger partial charge in [-0.15, -0.1) is 5.10 Å². The molecule has 3 aromatic heterocycles. The van der Waals surface area contributed by atoms with Crippen LogP contribution >= 0.6 is 11.3 Å². The lowest BCUT2D eigenvalue weighted by Crippen LogP contribution is -2.23. The lowest BCUT2D eigenvalue weighted by molar-refractivity contribution is 0.242. The molecule has 0 N–H and O–H groups in total. The van der Waals surface area contributed by atoms with Crippen molar-refractivity contribution in [3.63, 3.8) is 0 Å². The Bertz CT molecular complexity index is 1850. The van der Waals surface area contributed by atoms with Crippen LogP contribution in [0, 0.1) is 0 Å². The maximum absolute atomic E-state index is 13.3. The van der Waals surface area contributed by atoms with E-state index in [4.69, 9.17) is 14.6 Å². The Hall–Kier alpha value is -4.76. The first-order valence-electron chi connectivity index (χ1n) is 12.5. The number of methoxy groups -OCH3 is 1. The van der Waals surface area contributed by atoms with E-state index in [1.165, 1.54) is 15.9 Å². The number of nitrogens with zero attached hydrogens (tertiary/aromatic N) is 5. The molecule has 0 saturated carbocycles. The van der Waals surface area contributed by atoms with Crippen molar-refractivity contribution in [3.05, 3.63) is 106 Å². The fraction of sp³-hybridized carbons (Fsp3) is 0.133. The third-order valence-electron chi connectivity index (χ3n) is 6.08. The van der Waals surface area contributed by atoms with Crippen LogP contribution in [0.4, 0.5) is 0 Å². The molecule has 0 saturated heterocycles. The molecule has 0 aliphatic heterocycles. The molecule has 0 fully saturated rings. The molecule has 0 radical (unpaired) electrons. The van der Waals surface area contributed by atoms with E-state index in [1.807, 2.05) is 110 Å². The predicted octanol–water partition coefficient (Wildman–Crippen LogP) is 5.01. The molecule has 6 rings (SSSR count). The van der Waals surface area contributed by atoms with E-state index in [2.05, 4.69) is 10.1 Å². The van der Waals surface area contributed by atoms with Crippen molar-refractivity contribution < 1.29 is 9.47 Å². The van der Waals surface area contributed by atoms with Crippen LogP contribution < -0.4 is 19.6 Å². The average molecular weight is 536 g/mol. The average Bonchev–Trinajstić information content (AvgIpc) is 3.64. The van der Waals surface area contributed by atoms with Gasteiger partial charge in [-0.3, -0.25) is 4.79 Å². The Morgan fingerprint density at radius 3 is 2.23 bits per heavy atom. The molecule has 0 aliphatic carbocycles. The van der Waals surface area contributed by atoms with Crippen molar-refractivity contribution in [2.45, 2.75) is 20.0 Å². The Balaban J connectivity index is 1.42. The van der Waals surface area contributed by atoms with Gasteiger partial charge >= 0.3 is 0 Å². The zero-order valence-electron chi connectivity index (χ0n) is 21.6.